The molecule has 0 unspecified atom stereocenters. The maximum Gasteiger partial charge on any atom is 0.239 e. The van der Waals surface area contributed by atoms with Crippen molar-refractivity contribution in [3.05, 3.63) is 30.2 Å². The molecule has 1 saturated carbocycles. The molecule has 8 heteroatoms. The van der Waals surface area contributed by atoms with Gasteiger partial charge in [-0.25, -0.2) is 0 Å². The van der Waals surface area contributed by atoms with Crippen molar-refractivity contribution in [1.82, 2.24) is 30.5 Å². The van der Waals surface area contributed by atoms with Crippen LogP contribution in [0.2, 0.25) is 0 Å². The third-order valence-electron chi connectivity index (χ3n) is 4.41. The molecule has 1 amide bonds. The first kappa shape index (κ1) is 17.2. The first-order valence-electron chi connectivity index (χ1n) is 8.79. The van der Waals surface area contributed by atoms with E-state index in [1.807, 2.05) is 28.8 Å². The average molecular weight is 343 g/mol. The average Bonchev–Trinajstić information content (AvgIpc) is 3.06. The molecule has 3 rings (SSSR count). The number of hydrogen-bond acceptors (Lipinski definition) is 4. The number of carbonyl (C=O) groups excluding carboxylic acids is 1. The Hall–Kier alpha value is -2.64. The summed E-state index contributed by atoms with van der Waals surface area (Å²) < 4.78 is 1.91. The van der Waals surface area contributed by atoms with Gasteiger partial charge in [0.15, 0.2) is 17.4 Å². The number of aromatic nitrogens is 3. The topological polar surface area (TPSA) is 95.7 Å². The van der Waals surface area contributed by atoms with Gasteiger partial charge >= 0.3 is 0 Å². The quantitative estimate of drug-likeness (QED) is 0.552. The Bertz CT molecular complexity index is 733. The lowest BCUT2D eigenvalue weighted by molar-refractivity contribution is -0.120. The number of nitrogens with zero attached hydrogens (tertiary/aromatic N) is 4. The Kier molecular flexibility index (Phi) is 5.81. The van der Waals surface area contributed by atoms with Crippen molar-refractivity contribution in [2.45, 2.75) is 44.7 Å². The predicted molar refractivity (Wildman–Crippen MR) is 96.2 cm³/mol. The summed E-state index contributed by atoms with van der Waals surface area (Å²) in [5.74, 6) is 1.35. The Morgan fingerprint density at radius 3 is 2.88 bits per heavy atom. The molecule has 0 saturated heterocycles. The van der Waals surface area contributed by atoms with Crippen molar-refractivity contribution in [2.24, 2.45) is 4.99 Å². The number of guanidine groups is 1. The van der Waals surface area contributed by atoms with E-state index < -0.39 is 0 Å². The van der Waals surface area contributed by atoms with E-state index >= 15 is 0 Å². The summed E-state index contributed by atoms with van der Waals surface area (Å²) >= 11 is 0. The fourth-order valence-electron chi connectivity index (χ4n) is 3.08. The number of nitrogens with one attached hydrogen (secondary N) is 3. The van der Waals surface area contributed by atoms with Gasteiger partial charge in [0, 0.05) is 19.3 Å². The van der Waals surface area contributed by atoms with Crippen molar-refractivity contribution in [1.29, 1.82) is 0 Å². The first-order chi connectivity index (χ1) is 12.3. The van der Waals surface area contributed by atoms with Crippen molar-refractivity contribution >= 4 is 17.5 Å². The number of fused-ring (bicyclic) bond motifs is 1. The SMILES string of the molecule is CN=C(NCC(=O)NC1CCCCC1)NCc1nnc2ccccn12. The normalized spacial score (nSPS) is 16.0. The highest BCUT2D eigenvalue weighted by molar-refractivity contribution is 5.86. The van der Waals surface area contributed by atoms with Crippen molar-refractivity contribution in [3.63, 3.8) is 0 Å². The number of rotatable bonds is 5. The predicted octanol–water partition coefficient (Wildman–Crippen LogP) is 0.843. The number of carbonyl (C=O) groups is 1. The molecule has 1 aliphatic rings. The molecular weight excluding hydrogens is 318 g/mol. The van der Waals surface area contributed by atoms with Crippen molar-refractivity contribution in [2.75, 3.05) is 13.6 Å². The largest absolute Gasteiger partial charge is 0.352 e. The van der Waals surface area contributed by atoms with E-state index in [0.717, 1.165) is 24.3 Å². The molecule has 0 aliphatic heterocycles. The Morgan fingerprint density at radius 2 is 2.08 bits per heavy atom. The molecule has 2 aromatic heterocycles. The van der Waals surface area contributed by atoms with E-state index in [-0.39, 0.29) is 12.5 Å². The summed E-state index contributed by atoms with van der Waals surface area (Å²) in [7, 11) is 1.68. The monoisotopic (exact) mass is 343 g/mol. The minimum Gasteiger partial charge on any atom is -0.352 e. The smallest absolute Gasteiger partial charge is 0.239 e. The zero-order valence-electron chi connectivity index (χ0n) is 14.5. The summed E-state index contributed by atoms with van der Waals surface area (Å²) in [5, 5.41) is 17.6. The molecule has 0 radical (unpaired) electrons. The Balaban J connectivity index is 1.45. The standard InChI is InChI=1S/C17H25N7O/c1-18-17(20-12-16(25)21-13-7-3-2-4-8-13)19-11-15-23-22-14-9-5-6-10-24(14)15/h5-6,9-10,13H,2-4,7-8,11-12H2,1H3,(H,21,25)(H2,18,19,20). The third-order valence-corrected chi connectivity index (χ3v) is 4.41. The highest BCUT2D eigenvalue weighted by atomic mass is 16.2. The maximum absolute atomic E-state index is 12.1. The number of aliphatic imine (C=N–C) groups is 1. The van der Waals surface area contributed by atoms with Crippen LogP contribution in [0.4, 0.5) is 0 Å². The molecule has 2 heterocycles. The van der Waals surface area contributed by atoms with E-state index in [4.69, 9.17) is 0 Å². The fraction of sp³-hybridized carbons (Fsp3) is 0.529. The van der Waals surface area contributed by atoms with Crippen molar-refractivity contribution in [3.8, 4) is 0 Å². The van der Waals surface area contributed by atoms with Crippen molar-refractivity contribution < 1.29 is 4.79 Å². The van der Waals surface area contributed by atoms with Gasteiger partial charge in [-0.15, -0.1) is 10.2 Å². The van der Waals surface area contributed by atoms with E-state index in [1.54, 1.807) is 7.05 Å². The first-order valence-corrected chi connectivity index (χ1v) is 8.79. The maximum atomic E-state index is 12.1. The highest BCUT2D eigenvalue weighted by Crippen LogP contribution is 2.17. The second-order valence-electron chi connectivity index (χ2n) is 6.23. The van der Waals surface area contributed by atoms with Crippen LogP contribution in [-0.4, -0.2) is 46.1 Å². The van der Waals surface area contributed by atoms with E-state index in [1.165, 1.54) is 19.3 Å². The van der Waals surface area contributed by atoms with Gasteiger partial charge in [-0.3, -0.25) is 14.2 Å². The van der Waals surface area contributed by atoms with Crippen LogP contribution in [-0.2, 0) is 11.3 Å². The highest BCUT2D eigenvalue weighted by Gasteiger charge is 2.15. The minimum absolute atomic E-state index is 0.00257. The van der Waals surface area contributed by atoms with Gasteiger partial charge < -0.3 is 16.0 Å². The van der Waals surface area contributed by atoms with Gasteiger partial charge in [-0.2, -0.15) is 0 Å². The fourth-order valence-corrected chi connectivity index (χ4v) is 3.08. The van der Waals surface area contributed by atoms with Gasteiger partial charge in [0.1, 0.15) is 0 Å². The summed E-state index contributed by atoms with van der Waals surface area (Å²) in [6.07, 6.45) is 7.76. The van der Waals surface area contributed by atoms with E-state index in [2.05, 4.69) is 31.1 Å². The lowest BCUT2D eigenvalue weighted by Gasteiger charge is -2.23. The lowest BCUT2D eigenvalue weighted by atomic mass is 9.95. The van der Waals surface area contributed by atoms with Crippen LogP contribution >= 0.6 is 0 Å². The summed E-state index contributed by atoms with van der Waals surface area (Å²) in [4.78, 5) is 16.2. The van der Waals surface area contributed by atoms with Crippen LogP contribution in [0.1, 0.15) is 37.9 Å². The molecule has 3 N–H and O–H groups in total. The third kappa shape index (κ3) is 4.68. The molecule has 25 heavy (non-hydrogen) atoms. The lowest BCUT2D eigenvalue weighted by Crippen LogP contribution is -2.45. The molecule has 2 aromatic rings. The van der Waals surface area contributed by atoms with Gasteiger partial charge in [0.25, 0.3) is 0 Å². The molecule has 8 nitrogen and oxygen atoms in total. The van der Waals surface area contributed by atoms with E-state index in [9.17, 15) is 4.79 Å². The molecular formula is C17H25N7O. The molecule has 0 bridgehead atoms. The number of amides is 1. The molecule has 1 aliphatic carbocycles. The van der Waals surface area contributed by atoms with E-state index in [0.29, 0.717) is 18.5 Å². The Morgan fingerprint density at radius 1 is 1.24 bits per heavy atom. The van der Waals surface area contributed by atoms with Gasteiger partial charge in [-0.1, -0.05) is 25.3 Å². The molecule has 1 fully saturated rings. The molecule has 0 atom stereocenters. The Labute approximate surface area is 147 Å². The van der Waals surface area contributed by atoms with Gasteiger partial charge in [0.05, 0.1) is 13.1 Å². The number of pyridine rings is 1. The molecule has 0 spiro atoms. The van der Waals surface area contributed by atoms with Crippen LogP contribution in [0.3, 0.4) is 0 Å². The molecule has 134 valence electrons. The van der Waals surface area contributed by atoms with Crippen LogP contribution < -0.4 is 16.0 Å². The summed E-state index contributed by atoms with van der Waals surface area (Å²) in [5.41, 5.74) is 0.800. The summed E-state index contributed by atoms with van der Waals surface area (Å²) in [6.45, 7) is 0.672. The summed E-state index contributed by atoms with van der Waals surface area (Å²) in [6, 6.07) is 6.08. The van der Waals surface area contributed by atoms with Crippen LogP contribution in [0.25, 0.3) is 5.65 Å². The van der Waals surface area contributed by atoms with Gasteiger partial charge in [-0.05, 0) is 25.0 Å². The zero-order valence-corrected chi connectivity index (χ0v) is 14.5. The molecule has 0 aromatic carbocycles. The van der Waals surface area contributed by atoms with Crippen LogP contribution in [0.5, 0.6) is 0 Å². The second-order valence-corrected chi connectivity index (χ2v) is 6.23. The minimum atomic E-state index is 0.00257. The second kappa shape index (κ2) is 8.46. The van der Waals surface area contributed by atoms with Crippen LogP contribution in [0.15, 0.2) is 29.4 Å². The number of hydrogen-bond donors (Lipinski definition) is 3. The van der Waals surface area contributed by atoms with Crippen LogP contribution in [0, 0.1) is 0 Å². The van der Waals surface area contributed by atoms with Gasteiger partial charge in [0.2, 0.25) is 5.91 Å². The zero-order chi connectivity index (χ0) is 17.5.